The number of aromatic nitrogens is 2. The minimum Gasteiger partial charge on any atom is -0.267 e. The molecule has 0 atom stereocenters. The van der Waals surface area contributed by atoms with Crippen molar-refractivity contribution in [3.8, 4) is 0 Å². The lowest BCUT2D eigenvalue weighted by Crippen LogP contribution is -2.20. The lowest BCUT2D eigenvalue weighted by Gasteiger charge is -2.07. The van der Waals surface area contributed by atoms with Crippen LogP contribution in [0.2, 0.25) is 0 Å². The maximum Gasteiger partial charge on any atom is 0.275 e. The summed E-state index contributed by atoms with van der Waals surface area (Å²) in [4.78, 5) is 11.7. The van der Waals surface area contributed by atoms with Crippen molar-refractivity contribution >= 4 is 21.4 Å². The Morgan fingerprint density at radius 2 is 2.21 bits per heavy atom. The summed E-state index contributed by atoms with van der Waals surface area (Å²) in [5.74, 6) is 0.350. The standard InChI is InChI=1S/C10H12N2OS/c1-6(2)8-9-7(4-5-14-9)10(13)12(3)11-8/h4-6H,1-3H3. The Hall–Kier alpha value is -1.16. The van der Waals surface area contributed by atoms with Gasteiger partial charge in [0, 0.05) is 7.05 Å². The van der Waals surface area contributed by atoms with Gasteiger partial charge in [0.25, 0.3) is 5.56 Å². The van der Waals surface area contributed by atoms with Gasteiger partial charge in [-0.1, -0.05) is 13.8 Å². The highest BCUT2D eigenvalue weighted by Gasteiger charge is 2.12. The fourth-order valence-corrected chi connectivity index (χ4v) is 2.50. The van der Waals surface area contributed by atoms with Gasteiger partial charge in [-0.3, -0.25) is 4.79 Å². The van der Waals surface area contributed by atoms with Crippen LogP contribution in [0, 0.1) is 0 Å². The molecule has 0 spiro atoms. The quantitative estimate of drug-likeness (QED) is 0.719. The first kappa shape index (κ1) is 9.40. The lowest BCUT2D eigenvalue weighted by molar-refractivity contribution is 0.667. The number of nitrogens with zero attached hydrogens (tertiary/aromatic N) is 2. The monoisotopic (exact) mass is 208 g/mol. The highest BCUT2D eigenvalue weighted by Crippen LogP contribution is 2.25. The van der Waals surface area contributed by atoms with E-state index >= 15 is 0 Å². The van der Waals surface area contributed by atoms with Crippen molar-refractivity contribution < 1.29 is 0 Å². The maximum atomic E-state index is 11.7. The molecular weight excluding hydrogens is 196 g/mol. The number of fused-ring (bicyclic) bond motifs is 1. The molecule has 0 saturated heterocycles. The van der Waals surface area contributed by atoms with Crippen molar-refractivity contribution in [1.82, 2.24) is 9.78 Å². The van der Waals surface area contributed by atoms with E-state index < -0.39 is 0 Å². The Labute approximate surface area is 86.0 Å². The van der Waals surface area contributed by atoms with Crippen LogP contribution in [-0.2, 0) is 7.05 Å². The second kappa shape index (κ2) is 3.20. The van der Waals surface area contributed by atoms with E-state index in [-0.39, 0.29) is 5.56 Å². The number of thiophene rings is 1. The zero-order valence-corrected chi connectivity index (χ0v) is 9.26. The predicted molar refractivity (Wildman–Crippen MR) is 59.0 cm³/mol. The third-order valence-electron chi connectivity index (χ3n) is 2.23. The second-order valence-electron chi connectivity index (χ2n) is 3.63. The Morgan fingerprint density at radius 1 is 1.50 bits per heavy atom. The molecule has 0 fully saturated rings. The van der Waals surface area contributed by atoms with Crippen LogP contribution in [0.3, 0.4) is 0 Å². The zero-order chi connectivity index (χ0) is 10.3. The molecule has 2 rings (SSSR count). The molecule has 0 saturated carbocycles. The Morgan fingerprint density at radius 3 is 2.86 bits per heavy atom. The maximum absolute atomic E-state index is 11.7. The van der Waals surface area contributed by atoms with Crippen LogP contribution in [0.25, 0.3) is 10.1 Å². The van der Waals surface area contributed by atoms with Crippen LogP contribution in [0.1, 0.15) is 25.5 Å². The van der Waals surface area contributed by atoms with Crippen LogP contribution in [0.4, 0.5) is 0 Å². The van der Waals surface area contributed by atoms with E-state index in [1.165, 1.54) is 4.68 Å². The number of rotatable bonds is 1. The molecule has 0 unspecified atom stereocenters. The fraction of sp³-hybridized carbons (Fsp3) is 0.400. The van der Waals surface area contributed by atoms with E-state index in [4.69, 9.17) is 0 Å². The first-order valence-electron chi connectivity index (χ1n) is 4.55. The molecule has 4 heteroatoms. The summed E-state index contributed by atoms with van der Waals surface area (Å²) in [7, 11) is 1.70. The van der Waals surface area contributed by atoms with E-state index in [0.717, 1.165) is 15.8 Å². The SMILES string of the molecule is CC(C)c1nn(C)c(=O)c2ccsc12. The van der Waals surface area contributed by atoms with E-state index in [9.17, 15) is 4.79 Å². The Bertz CT molecular complexity index is 524. The fourth-order valence-electron chi connectivity index (χ4n) is 1.48. The van der Waals surface area contributed by atoms with Crippen LogP contribution >= 0.6 is 11.3 Å². The Kier molecular flexibility index (Phi) is 2.15. The molecule has 0 aliphatic rings. The molecule has 14 heavy (non-hydrogen) atoms. The van der Waals surface area contributed by atoms with Crippen molar-refractivity contribution in [2.24, 2.45) is 7.05 Å². The average molecular weight is 208 g/mol. The molecule has 0 radical (unpaired) electrons. The van der Waals surface area contributed by atoms with Crippen LogP contribution in [-0.4, -0.2) is 9.78 Å². The largest absolute Gasteiger partial charge is 0.275 e. The summed E-state index contributed by atoms with van der Waals surface area (Å²) in [5, 5.41) is 7.02. The predicted octanol–water partition coefficient (Wildman–Crippen LogP) is 2.12. The van der Waals surface area contributed by atoms with Crippen molar-refractivity contribution in [2.45, 2.75) is 19.8 Å². The van der Waals surface area contributed by atoms with Crippen LogP contribution in [0.15, 0.2) is 16.2 Å². The van der Waals surface area contributed by atoms with Crippen molar-refractivity contribution in [3.63, 3.8) is 0 Å². The molecule has 0 amide bonds. The molecule has 74 valence electrons. The molecule has 0 aliphatic carbocycles. The highest BCUT2D eigenvalue weighted by molar-refractivity contribution is 7.17. The lowest BCUT2D eigenvalue weighted by atomic mass is 10.1. The highest BCUT2D eigenvalue weighted by atomic mass is 32.1. The Balaban J connectivity index is 2.92. The van der Waals surface area contributed by atoms with Gasteiger partial charge in [-0.25, -0.2) is 4.68 Å². The second-order valence-corrected chi connectivity index (χ2v) is 4.55. The van der Waals surface area contributed by atoms with E-state index in [2.05, 4.69) is 18.9 Å². The number of hydrogen-bond acceptors (Lipinski definition) is 3. The van der Waals surface area contributed by atoms with Crippen molar-refractivity contribution in [2.75, 3.05) is 0 Å². The third kappa shape index (κ3) is 1.26. The molecule has 2 aromatic heterocycles. The summed E-state index contributed by atoms with van der Waals surface area (Å²) in [6.45, 7) is 4.18. The normalized spacial score (nSPS) is 11.4. The van der Waals surface area contributed by atoms with E-state index in [0.29, 0.717) is 5.92 Å². The third-order valence-corrected chi connectivity index (χ3v) is 3.16. The first-order valence-corrected chi connectivity index (χ1v) is 5.43. The summed E-state index contributed by atoms with van der Waals surface area (Å²) >= 11 is 1.59. The van der Waals surface area contributed by atoms with Gasteiger partial charge >= 0.3 is 0 Å². The summed E-state index contributed by atoms with van der Waals surface area (Å²) in [6.07, 6.45) is 0. The average Bonchev–Trinajstić information content (AvgIpc) is 2.59. The van der Waals surface area contributed by atoms with Gasteiger partial charge in [-0.15, -0.1) is 11.3 Å². The minimum absolute atomic E-state index is 0.00866. The molecule has 3 nitrogen and oxygen atoms in total. The van der Waals surface area contributed by atoms with Gasteiger partial charge in [0.05, 0.1) is 15.8 Å². The molecule has 2 aromatic rings. The molecule has 0 N–H and O–H groups in total. The van der Waals surface area contributed by atoms with Crippen LogP contribution < -0.4 is 5.56 Å². The van der Waals surface area contributed by atoms with Gasteiger partial charge in [0.1, 0.15) is 0 Å². The zero-order valence-electron chi connectivity index (χ0n) is 8.44. The van der Waals surface area contributed by atoms with Crippen molar-refractivity contribution in [1.29, 1.82) is 0 Å². The summed E-state index contributed by atoms with van der Waals surface area (Å²) in [5.41, 5.74) is 1.00. The van der Waals surface area contributed by atoms with Crippen molar-refractivity contribution in [3.05, 3.63) is 27.5 Å². The minimum atomic E-state index is -0.00866. The summed E-state index contributed by atoms with van der Waals surface area (Å²) in [6, 6.07) is 1.87. The summed E-state index contributed by atoms with van der Waals surface area (Å²) < 4.78 is 2.45. The smallest absolute Gasteiger partial charge is 0.267 e. The van der Waals surface area contributed by atoms with Gasteiger partial charge in [-0.2, -0.15) is 5.10 Å². The van der Waals surface area contributed by atoms with Crippen LogP contribution in [0.5, 0.6) is 0 Å². The van der Waals surface area contributed by atoms with Gasteiger partial charge in [0.15, 0.2) is 0 Å². The number of hydrogen-bond donors (Lipinski definition) is 0. The van der Waals surface area contributed by atoms with E-state index in [1.807, 2.05) is 11.4 Å². The van der Waals surface area contributed by atoms with Gasteiger partial charge in [0.2, 0.25) is 0 Å². The molecule has 0 aliphatic heterocycles. The molecule has 0 aromatic carbocycles. The topological polar surface area (TPSA) is 34.9 Å². The molecule has 0 bridgehead atoms. The first-order chi connectivity index (χ1) is 6.61. The van der Waals surface area contributed by atoms with E-state index in [1.54, 1.807) is 18.4 Å². The van der Waals surface area contributed by atoms with Gasteiger partial charge in [-0.05, 0) is 17.4 Å². The number of aryl methyl sites for hydroxylation is 1. The molecular formula is C10H12N2OS. The van der Waals surface area contributed by atoms with Gasteiger partial charge < -0.3 is 0 Å². The molecule has 2 heterocycles.